The molecule has 0 aliphatic heterocycles. The quantitative estimate of drug-likeness (QED) is 0.418. The number of pyridine rings is 1. The van der Waals surface area contributed by atoms with Gasteiger partial charge in [0.15, 0.2) is 0 Å². The number of nitrogens with zero attached hydrogens (tertiary/aromatic N) is 3. The highest BCUT2D eigenvalue weighted by Gasteiger charge is 2.14. The molecule has 146 valence electrons. The van der Waals surface area contributed by atoms with Gasteiger partial charge >= 0.3 is 5.97 Å². The minimum Gasteiger partial charge on any atom is -0.478 e. The molecule has 0 spiro atoms. The van der Waals surface area contributed by atoms with Gasteiger partial charge in [-0.15, -0.1) is 0 Å². The maximum atomic E-state index is 11.2. The highest BCUT2D eigenvalue weighted by atomic mass is 35.5. The summed E-state index contributed by atoms with van der Waals surface area (Å²) < 4.78 is 0. The fraction of sp³-hybridized carbons (Fsp3) is 0.143. The van der Waals surface area contributed by atoms with Crippen LogP contribution >= 0.6 is 11.6 Å². The number of aromatic amines is 1. The number of H-pyrrole nitrogens is 1. The molecular formula is C21H18ClN5O2. The van der Waals surface area contributed by atoms with Crippen molar-refractivity contribution in [2.45, 2.75) is 19.8 Å². The number of carboxylic acid groups (broad SMARTS) is 1. The zero-order valence-corrected chi connectivity index (χ0v) is 16.5. The lowest BCUT2D eigenvalue weighted by molar-refractivity contribution is 0.0697. The molecule has 0 bridgehead atoms. The minimum absolute atomic E-state index is 0.0847. The molecule has 0 saturated heterocycles. The number of fused-ring (bicyclic) bond motifs is 1. The third-order valence-corrected chi connectivity index (χ3v) is 4.73. The molecule has 29 heavy (non-hydrogen) atoms. The first-order valence-corrected chi connectivity index (χ1v) is 9.40. The summed E-state index contributed by atoms with van der Waals surface area (Å²) in [6.07, 6.45) is 5.36. The zero-order chi connectivity index (χ0) is 20.5. The number of rotatable bonds is 5. The van der Waals surface area contributed by atoms with Crippen LogP contribution in [0.15, 0.2) is 48.9 Å². The van der Waals surface area contributed by atoms with Gasteiger partial charge in [0.05, 0.1) is 22.5 Å². The highest BCUT2D eigenvalue weighted by molar-refractivity contribution is 6.31. The van der Waals surface area contributed by atoms with Crippen molar-refractivity contribution >= 4 is 40.1 Å². The van der Waals surface area contributed by atoms with Crippen molar-refractivity contribution in [3.63, 3.8) is 0 Å². The predicted octanol–water partition coefficient (Wildman–Crippen LogP) is 5.24. The molecule has 4 aromatic rings. The average molecular weight is 408 g/mol. The molecule has 0 aliphatic carbocycles. The normalized spacial score (nSPS) is 11.2. The lowest BCUT2D eigenvalue weighted by Gasteiger charge is -2.08. The monoisotopic (exact) mass is 407 g/mol. The Morgan fingerprint density at radius 1 is 1.17 bits per heavy atom. The zero-order valence-electron chi connectivity index (χ0n) is 15.8. The van der Waals surface area contributed by atoms with Gasteiger partial charge in [-0.2, -0.15) is 0 Å². The Balaban J connectivity index is 1.71. The van der Waals surface area contributed by atoms with Crippen molar-refractivity contribution in [2.24, 2.45) is 0 Å². The first kappa shape index (κ1) is 18.9. The van der Waals surface area contributed by atoms with E-state index in [-0.39, 0.29) is 5.56 Å². The molecule has 8 heteroatoms. The van der Waals surface area contributed by atoms with Gasteiger partial charge in [0, 0.05) is 40.3 Å². The topological polar surface area (TPSA) is 104 Å². The van der Waals surface area contributed by atoms with Crippen LogP contribution in [0.25, 0.3) is 22.2 Å². The summed E-state index contributed by atoms with van der Waals surface area (Å²) in [6.45, 7) is 4.21. The highest BCUT2D eigenvalue weighted by Crippen LogP contribution is 2.31. The van der Waals surface area contributed by atoms with Gasteiger partial charge in [-0.05, 0) is 36.2 Å². The Morgan fingerprint density at radius 3 is 2.72 bits per heavy atom. The number of halogens is 1. The standard InChI is InChI=1S/C21H18ClN5O2/c1-11(2)18-19-15(3-5-23-18)16(10-25-19)17-4-6-24-21(27-17)26-14-8-12(20(28)29)7-13(22)9-14/h3-11,25H,1-2H3,(H,28,29)(H,24,26,27). The molecule has 0 unspecified atom stereocenters. The second kappa shape index (κ2) is 7.52. The van der Waals surface area contributed by atoms with Crippen LogP contribution in [0.4, 0.5) is 11.6 Å². The number of nitrogens with one attached hydrogen (secondary N) is 2. The summed E-state index contributed by atoms with van der Waals surface area (Å²) in [5, 5.41) is 13.6. The number of hydrogen-bond donors (Lipinski definition) is 3. The van der Waals surface area contributed by atoms with Gasteiger partial charge < -0.3 is 15.4 Å². The van der Waals surface area contributed by atoms with E-state index in [2.05, 4.69) is 39.1 Å². The molecule has 0 atom stereocenters. The number of anilines is 2. The van der Waals surface area contributed by atoms with Gasteiger partial charge in [0.2, 0.25) is 5.95 Å². The van der Waals surface area contributed by atoms with E-state index in [9.17, 15) is 9.90 Å². The van der Waals surface area contributed by atoms with E-state index >= 15 is 0 Å². The van der Waals surface area contributed by atoms with Crippen molar-refractivity contribution < 1.29 is 9.90 Å². The van der Waals surface area contributed by atoms with E-state index < -0.39 is 5.97 Å². The summed E-state index contributed by atoms with van der Waals surface area (Å²) in [5.41, 5.74) is 4.24. The van der Waals surface area contributed by atoms with Crippen LogP contribution in [0.2, 0.25) is 5.02 Å². The molecule has 3 aromatic heterocycles. The van der Waals surface area contributed by atoms with Crippen LogP contribution in [0.5, 0.6) is 0 Å². The maximum absolute atomic E-state index is 11.2. The van der Waals surface area contributed by atoms with Crippen molar-refractivity contribution in [3.05, 3.63) is 65.2 Å². The number of carboxylic acids is 1. The van der Waals surface area contributed by atoms with E-state index in [4.69, 9.17) is 11.6 Å². The molecule has 0 aliphatic rings. The van der Waals surface area contributed by atoms with Crippen molar-refractivity contribution in [1.82, 2.24) is 19.9 Å². The third kappa shape index (κ3) is 3.77. The second-order valence-electron chi connectivity index (χ2n) is 6.90. The van der Waals surface area contributed by atoms with E-state index in [1.807, 2.05) is 18.3 Å². The van der Waals surface area contributed by atoms with Gasteiger partial charge in [-0.3, -0.25) is 4.98 Å². The van der Waals surface area contributed by atoms with Crippen molar-refractivity contribution in [2.75, 3.05) is 5.32 Å². The Morgan fingerprint density at radius 2 is 1.97 bits per heavy atom. The Bertz CT molecular complexity index is 1220. The van der Waals surface area contributed by atoms with Gasteiger partial charge in [0.1, 0.15) is 0 Å². The molecule has 0 saturated carbocycles. The number of aromatic nitrogens is 4. The molecule has 3 heterocycles. The first-order chi connectivity index (χ1) is 13.9. The summed E-state index contributed by atoms with van der Waals surface area (Å²) in [4.78, 5) is 27.9. The van der Waals surface area contributed by atoms with Crippen molar-refractivity contribution in [1.29, 1.82) is 0 Å². The Hall–Kier alpha value is -3.45. The molecular weight excluding hydrogens is 390 g/mol. The maximum Gasteiger partial charge on any atom is 0.335 e. The van der Waals surface area contributed by atoms with E-state index in [1.54, 1.807) is 18.5 Å². The van der Waals surface area contributed by atoms with Crippen LogP contribution in [0.3, 0.4) is 0 Å². The Labute approximate surface area is 171 Å². The van der Waals surface area contributed by atoms with E-state index in [0.717, 1.165) is 27.9 Å². The SMILES string of the molecule is CC(C)c1nccc2c(-c3ccnc(Nc4cc(Cl)cc(C(=O)O)c4)n3)c[nH]c12. The molecule has 0 fully saturated rings. The lowest BCUT2D eigenvalue weighted by atomic mass is 10.1. The van der Waals surface area contributed by atoms with Crippen LogP contribution in [-0.2, 0) is 0 Å². The third-order valence-electron chi connectivity index (χ3n) is 4.51. The van der Waals surface area contributed by atoms with E-state index in [0.29, 0.717) is 22.6 Å². The van der Waals surface area contributed by atoms with Gasteiger partial charge in [-0.25, -0.2) is 14.8 Å². The van der Waals surface area contributed by atoms with Gasteiger partial charge in [0.25, 0.3) is 0 Å². The number of hydrogen-bond acceptors (Lipinski definition) is 5. The predicted molar refractivity (Wildman–Crippen MR) is 113 cm³/mol. The molecule has 0 radical (unpaired) electrons. The Kier molecular flexibility index (Phi) is 4.90. The average Bonchev–Trinajstić information content (AvgIpc) is 3.11. The molecule has 4 rings (SSSR count). The smallest absolute Gasteiger partial charge is 0.335 e. The van der Waals surface area contributed by atoms with E-state index in [1.165, 1.54) is 12.1 Å². The van der Waals surface area contributed by atoms with Crippen LogP contribution in [0.1, 0.15) is 35.8 Å². The second-order valence-corrected chi connectivity index (χ2v) is 7.34. The summed E-state index contributed by atoms with van der Waals surface area (Å²) >= 11 is 6.02. The fourth-order valence-electron chi connectivity index (χ4n) is 3.21. The number of carbonyl (C=O) groups is 1. The largest absolute Gasteiger partial charge is 0.478 e. The van der Waals surface area contributed by atoms with Gasteiger partial charge in [-0.1, -0.05) is 25.4 Å². The minimum atomic E-state index is -1.06. The molecule has 0 amide bonds. The first-order valence-electron chi connectivity index (χ1n) is 9.02. The number of benzene rings is 1. The van der Waals surface area contributed by atoms with Crippen LogP contribution in [-0.4, -0.2) is 31.0 Å². The molecule has 1 aromatic carbocycles. The summed E-state index contributed by atoms with van der Waals surface area (Å²) in [7, 11) is 0. The van der Waals surface area contributed by atoms with Crippen molar-refractivity contribution in [3.8, 4) is 11.3 Å². The van der Waals surface area contributed by atoms with Crippen LogP contribution in [0, 0.1) is 0 Å². The molecule has 7 nitrogen and oxygen atoms in total. The number of aromatic carboxylic acids is 1. The summed E-state index contributed by atoms with van der Waals surface area (Å²) in [6, 6.07) is 8.27. The fourth-order valence-corrected chi connectivity index (χ4v) is 3.44. The van der Waals surface area contributed by atoms with Crippen LogP contribution < -0.4 is 5.32 Å². The molecule has 3 N–H and O–H groups in total. The summed E-state index contributed by atoms with van der Waals surface area (Å²) in [5.74, 6) is -0.425. The lowest BCUT2D eigenvalue weighted by Crippen LogP contribution is -2.01.